The fourth-order valence-corrected chi connectivity index (χ4v) is 2.77. The predicted molar refractivity (Wildman–Crippen MR) is 74.3 cm³/mol. The Bertz CT molecular complexity index is 503. The fourth-order valence-electron chi connectivity index (χ4n) is 1.62. The molecule has 0 fully saturated rings. The molecular weight excluding hydrogens is 266 g/mol. The molecule has 19 heavy (non-hydrogen) atoms. The van der Waals surface area contributed by atoms with Crippen molar-refractivity contribution in [2.45, 2.75) is 34.2 Å². The number of nitrogens with two attached hydrogens (primary N) is 1. The molecule has 0 saturated carbocycles. The number of rotatable bonds is 6. The molecule has 0 aliphatic rings. The van der Waals surface area contributed by atoms with E-state index in [1.165, 1.54) is 0 Å². The minimum atomic E-state index is -3.51. The van der Waals surface area contributed by atoms with Crippen molar-refractivity contribution in [2.75, 3.05) is 12.4 Å². The van der Waals surface area contributed by atoms with E-state index < -0.39 is 10.0 Å². The number of nitrogens with zero attached hydrogens (tertiary/aromatic N) is 2. The standard InChI is InChI=1S/C12H23N3O3S/c1-5-15-7-11(6-14-15)18-8-10(12(2,3)4)9-19(13,16)17/h6-7,10H,5,8-9H2,1-4H3,(H2,13,16,17). The third kappa shape index (κ3) is 5.61. The van der Waals surface area contributed by atoms with Gasteiger partial charge in [0.1, 0.15) is 0 Å². The van der Waals surface area contributed by atoms with Crippen LogP contribution in [0, 0.1) is 11.3 Å². The van der Waals surface area contributed by atoms with Crippen molar-refractivity contribution in [1.82, 2.24) is 9.78 Å². The summed E-state index contributed by atoms with van der Waals surface area (Å²) < 4.78 is 29.9. The van der Waals surface area contributed by atoms with E-state index in [4.69, 9.17) is 9.88 Å². The first-order valence-electron chi connectivity index (χ1n) is 6.27. The molecule has 1 atom stereocenters. The molecule has 0 amide bonds. The number of aromatic nitrogens is 2. The topological polar surface area (TPSA) is 87.2 Å². The summed E-state index contributed by atoms with van der Waals surface area (Å²) in [5.41, 5.74) is -0.201. The van der Waals surface area contributed by atoms with Crippen molar-refractivity contribution in [3.8, 4) is 5.75 Å². The van der Waals surface area contributed by atoms with Gasteiger partial charge in [0, 0.05) is 12.5 Å². The van der Waals surface area contributed by atoms with Gasteiger partial charge in [0.2, 0.25) is 10.0 Å². The molecule has 1 unspecified atom stereocenters. The van der Waals surface area contributed by atoms with Crippen molar-refractivity contribution in [3.63, 3.8) is 0 Å². The Morgan fingerprint density at radius 2 is 2.11 bits per heavy atom. The number of primary sulfonamides is 1. The van der Waals surface area contributed by atoms with Crippen LogP contribution in [-0.4, -0.2) is 30.6 Å². The largest absolute Gasteiger partial charge is 0.490 e. The molecule has 1 rings (SSSR count). The second kappa shape index (κ2) is 5.92. The second-order valence-corrected chi connectivity index (χ2v) is 7.39. The van der Waals surface area contributed by atoms with Crippen LogP contribution in [0.5, 0.6) is 5.75 Å². The first-order chi connectivity index (χ1) is 8.62. The third-order valence-corrected chi connectivity index (χ3v) is 3.91. The van der Waals surface area contributed by atoms with Gasteiger partial charge < -0.3 is 4.74 Å². The lowest BCUT2D eigenvalue weighted by atomic mass is 9.82. The lowest BCUT2D eigenvalue weighted by Gasteiger charge is -2.29. The molecule has 0 radical (unpaired) electrons. The van der Waals surface area contributed by atoms with Crippen LogP contribution < -0.4 is 9.88 Å². The molecule has 0 aromatic carbocycles. The number of aryl methyl sites for hydroxylation is 1. The van der Waals surface area contributed by atoms with E-state index in [2.05, 4.69) is 5.10 Å². The Morgan fingerprint density at radius 3 is 2.53 bits per heavy atom. The molecule has 0 saturated heterocycles. The summed E-state index contributed by atoms with van der Waals surface area (Å²) >= 11 is 0. The van der Waals surface area contributed by atoms with E-state index in [1.54, 1.807) is 17.1 Å². The van der Waals surface area contributed by atoms with Crippen LogP contribution in [0.25, 0.3) is 0 Å². The van der Waals surface area contributed by atoms with Gasteiger partial charge in [0.15, 0.2) is 5.75 Å². The maximum atomic E-state index is 11.3. The second-order valence-electron chi connectivity index (χ2n) is 5.74. The SMILES string of the molecule is CCn1cc(OCC(CS(N)(=O)=O)C(C)(C)C)cn1. The molecular formula is C12H23N3O3S. The van der Waals surface area contributed by atoms with Crippen molar-refractivity contribution in [3.05, 3.63) is 12.4 Å². The first kappa shape index (κ1) is 16.0. The van der Waals surface area contributed by atoms with Gasteiger partial charge in [-0.1, -0.05) is 20.8 Å². The summed E-state index contributed by atoms with van der Waals surface area (Å²) in [6, 6.07) is 0. The van der Waals surface area contributed by atoms with E-state index in [0.717, 1.165) is 6.54 Å². The van der Waals surface area contributed by atoms with Crippen LogP contribution >= 0.6 is 0 Å². The van der Waals surface area contributed by atoms with Crippen LogP contribution in [0.15, 0.2) is 12.4 Å². The van der Waals surface area contributed by atoms with Gasteiger partial charge in [-0.25, -0.2) is 13.6 Å². The van der Waals surface area contributed by atoms with Crippen LogP contribution in [0.3, 0.4) is 0 Å². The molecule has 0 spiro atoms. The Morgan fingerprint density at radius 1 is 1.47 bits per heavy atom. The summed E-state index contributed by atoms with van der Waals surface area (Å²) in [5.74, 6) is 0.385. The van der Waals surface area contributed by atoms with Crippen molar-refractivity contribution in [1.29, 1.82) is 0 Å². The molecule has 1 heterocycles. The highest BCUT2D eigenvalue weighted by Crippen LogP contribution is 2.27. The summed E-state index contributed by atoms with van der Waals surface area (Å²) in [4.78, 5) is 0. The first-order valence-corrected chi connectivity index (χ1v) is 7.99. The molecule has 0 aliphatic carbocycles. The molecule has 2 N–H and O–H groups in total. The normalized spacial score (nSPS) is 14.4. The van der Waals surface area contributed by atoms with E-state index >= 15 is 0 Å². The minimum Gasteiger partial charge on any atom is -0.490 e. The van der Waals surface area contributed by atoms with E-state index in [1.807, 2.05) is 27.7 Å². The number of hydrogen-bond acceptors (Lipinski definition) is 4. The molecule has 1 aromatic rings. The van der Waals surface area contributed by atoms with Crippen LogP contribution in [-0.2, 0) is 16.6 Å². The molecule has 1 aromatic heterocycles. The van der Waals surface area contributed by atoms with Gasteiger partial charge in [-0.2, -0.15) is 5.10 Å². The van der Waals surface area contributed by atoms with Gasteiger partial charge in [-0.05, 0) is 12.3 Å². The Balaban J connectivity index is 2.68. The van der Waals surface area contributed by atoms with Crippen LogP contribution in [0.1, 0.15) is 27.7 Å². The van der Waals surface area contributed by atoms with Crippen molar-refractivity contribution in [2.24, 2.45) is 16.5 Å². The highest BCUT2D eigenvalue weighted by molar-refractivity contribution is 7.89. The van der Waals surface area contributed by atoms with Crippen molar-refractivity contribution >= 4 is 10.0 Å². The van der Waals surface area contributed by atoms with Gasteiger partial charge in [0.05, 0.1) is 24.8 Å². The predicted octanol–water partition coefficient (Wildman–Crippen LogP) is 1.23. The Kier molecular flexibility index (Phi) is 4.98. The number of sulfonamides is 1. The summed E-state index contributed by atoms with van der Waals surface area (Å²) in [7, 11) is -3.51. The van der Waals surface area contributed by atoms with E-state index in [-0.39, 0.29) is 17.1 Å². The zero-order valence-corrected chi connectivity index (χ0v) is 12.8. The minimum absolute atomic E-state index is 0.0849. The zero-order valence-electron chi connectivity index (χ0n) is 12.0. The molecule has 6 nitrogen and oxygen atoms in total. The molecule has 7 heteroatoms. The van der Waals surface area contributed by atoms with E-state index in [0.29, 0.717) is 12.4 Å². The van der Waals surface area contributed by atoms with Crippen LogP contribution in [0.4, 0.5) is 0 Å². The average Bonchev–Trinajstić information content (AvgIpc) is 2.69. The number of hydrogen-bond donors (Lipinski definition) is 1. The Labute approximate surface area is 115 Å². The van der Waals surface area contributed by atoms with Crippen LogP contribution in [0.2, 0.25) is 0 Å². The molecule has 0 aliphatic heterocycles. The maximum Gasteiger partial charge on any atom is 0.209 e. The third-order valence-electron chi connectivity index (χ3n) is 3.04. The highest BCUT2D eigenvalue weighted by atomic mass is 32.2. The number of ether oxygens (including phenoxy) is 1. The van der Waals surface area contributed by atoms with Gasteiger partial charge in [-0.3, -0.25) is 4.68 Å². The van der Waals surface area contributed by atoms with E-state index in [9.17, 15) is 8.42 Å². The van der Waals surface area contributed by atoms with Crippen molar-refractivity contribution < 1.29 is 13.2 Å². The summed E-state index contributed by atoms with van der Waals surface area (Å²) in [5, 5.41) is 9.23. The molecule has 110 valence electrons. The summed E-state index contributed by atoms with van der Waals surface area (Å²) in [6.45, 7) is 8.97. The highest BCUT2D eigenvalue weighted by Gasteiger charge is 2.29. The smallest absolute Gasteiger partial charge is 0.209 e. The van der Waals surface area contributed by atoms with Gasteiger partial charge >= 0.3 is 0 Å². The average molecular weight is 289 g/mol. The van der Waals surface area contributed by atoms with Gasteiger partial charge in [-0.15, -0.1) is 0 Å². The lowest BCUT2D eigenvalue weighted by Crippen LogP contribution is -2.35. The maximum absolute atomic E-state index is 11.3. The quantitative estimate of drug-likeness (QED) is 0.853. The summed E-state index contributed by atoms with van der Waals surface area (Å²) in [6.07, 6.45) is 3.41. The lowest BCUT2D eigenvalue weighted by molar-refractivity contribution is 0.163. The monoisotopic (exact) mass is 289 g/mol. The Hall–Kier alpha value is -1.08. The van der Waals surface area contributed by atoms with Gasteiger partial charge in [0.25, 0.3) is 0 Å². The zero-order chi connectivity index (χ0) is 14.7. The fraction of sp³-hybridized carbons (Fsp3) is 0.750. The molecule has 0 bridgehead atoms.